The molecule has 5 aliphatic rings. The van der Waals surface area contributed by atoms with E-state index >= 15 is 0 Å². The molecule has 3 fully saturated rings. The van der Waals surface area contributed by atoms with Gasteiger partial charge in [-0.3, -0.25) is 19.3 Å². The van der Waals surface area contributed by atoms with Crippen LogP contribution in [0.4, 0.5) is 0 Å². The highest BCUT2D eigenvalue weighted by molar-refractivity contribution is 6.09. The first-order valence-electron chi connectivity index (χ1n) is 11.2. The number of carbonyl (C=O) groups is 4. The Bertz CT molecular complexity index is 976. The van der Waals surface area contributed by atoms with Crippen molar-refractivity contribution in [3.63, 3.8) is 0 Å². The fourth-order valence-corrected chi connectivity index (χ4v) is 6.01. The van der Waals surface area contributed by atoms with Crippen molar-refractivity contribution in [2.45, 2.75) is 26.3 Å². The van der Waals surface area contributed by atoms with Gasteiger partial charge in [-0.05, 0) is 60.3 Å². The number of rotatable bonds is 7. The molecule has 7 nitrogen and oxygen atoms in total. The van der Waals surface area contributed by atoms with Crippen LogP contribution in [0.2, 0.25) is 0 Å². The lowest BCUT2D eigenvalue weighted by atomic mass is 9.63. The number of imide groups is 1. The van der Waals surface area contributed by atoms with E-state index in [1.807, 2.05) is 0 Å². The molecular weight excluding hydrogens is 410 g/mol. The van der Waals surface area contributed by atoms with Crippen LogP contribution in [0, 0.1) is 41.4 Å². The van der Waals surface area contributed by atoms with Crippen LogP contribution >= 0.6 is 0 Å². The van der Waals surface area contributed by atoms with Gasteiger partial charge in [0.05, 0.1) is 18.9 Å². The number of allylic oxidation sites excluding steroid dienone is 2. The molecule has 1 aromatic rings. The van der Waals surface area contributed by atoms with E-state index < -0.39 is 18.6 Å². The first-order chi connectivity index (χ1) is 15.3. The van der Waals surface area contributed by atoms with E-state index in [0.717, 1.165) is 11.3 Å². The van der Waals surface area contributed by atoms with Crippen molar-refractivity contribution in [1.29, 1.82) is 0 Å². The molecule has 2 bridgehead atoms. The summed E-state index contributed by atoms with van der Waals surface area (Å²) in [6.07, 6.45) is 5.29. The van der Waals surface area contributed by atoms with Gasteiger partial charge in [0, 0.05) is 5.56 Å². The molecular formula is C25H27NO6. The van der Waals surface area contributed by atoms with Crippen LogP contribution < -0.4 is 4.74 Å². The summed E-state index contributed by atoms with van der Waals surface area (Å²) < 4.78 is 10.4. The van der Waals surface area contributed by atoms with Crippen LogP contribution in [0.5, 0.6) is 5.75 Å². The van der Waals surface area contributed by atoms with Crippen molar-refractivity contribution in [2.24, 2.45) is 41.4 Å². The Hall–Kier alpha value is -2.96. The lowest BCUT2D eigenvalue weighted by Crippen LogP contribution is -2.49. The second kappa shape index (κ2) is 7.57. The molecule has 2 amide bonds. The summed E-state index contributed by atoms with van der Waals surface area (Å²) in [6, 6.07) is 5.48. The minimum atomic E-state index is -1.03. The predicted molar refractivity (Wildman–Crippen MR) is 113 cm³/mol. The van der Waals surface area contributed by atoms with Gasteiger partial charge < -0.3 is 9.47 Å². The highest BCUT2D eigenvalue weighted by Gasteiger charge is 2.68. The number of ketones is 1. The molecule has 168 valence electrons. The molecule has 2 saturated carbocycles. The number of carbonyl (C=O) groups excluding carboxylic acids is 4. The number of methoxy groups -OCH3 is 1. The van der Waals surface area contributed by atoms with E-state index in [4.69, 9.17) is 9.47 Å². The lowest BCUT2D eigenvalue weighted by molar-refractivity contribution is -0.160. The summed E-state index contributed by atoms with van der Waals surface area (Å²) in [4.78, 5) is 53.3. The Labute approximate surface area is 186 Å². The number of nitrogens with zero attached hydrogens (tertiary/aromatic N) is 1. The maximum Gasteiger partial charge on any atom is 0.330 e. The first-order valence-corrected chi connectivity index (χ1v) is 11.2. The molecule has 7 heteroatoms. The number of amides is 2. The van der Waals surface area contributed by atoms with Gasteiger partial charge in [-0.25, -0.2) is 4.79 Å². The zero-order valence-corrected chi connectivity index (χ0v) is 18.4. The number of esters is 1. The standard InChI is InChI=1S/C25H27NO6/c1-12(2)22(25(30)32-11-19(27)13-4-6-14(31-3)7-5-13)26-23(28)20-15-8-9-16(18-10-17(15)18)21(20)24(26)29/h4-9,12,15-18,20-22H,10-11H2,1-3H3/t15-,16-,17-,18-,20-,21+,22-/m0/s1. The number of benzene rings is 1. The monoisotopic (exact) mass is 437 g/mol. The van der Waals surface area contributed by atoms with Gasteiger partial charge in [-0.2, -0.15) is 0 Å². The van der Waals surface area contributed by atoms with E-state index in [-0.39, 0.29) is 47.2 Å². The third kappa shape index (κ3) is 3.09. The largest absolute Gasteiger partial charge is 0.497 e. The van der Waals surface area contributed by atoms with E-state index in [1.165, 1.54) is 7.11 Å². The Kier molecular flexibility index (Phi) is 4.95. The van der Waals surface area contributed by atoms with Crippen molar-refractivity contribution in [1.82, 2.24) is 4.90 Å². The Morgan fingerprint density at radius 1 is 1.00 bits per heavy atom. The zero-order chi connectivity index (χ0) is 22.7. The molecule has 1 aromatic carbocycles. The maximum absolute atomic E-state index is 13.4. The van der Waals surface area contributed by atoms with Gasteiger partial charge in [0.1, 0.15) is 11.8 Å². The molecule has 0 unspecified atom stereocenters. The summed E-state index contributed by atoms with van der Waals surface area (Å²) in [5, 5.41) is 0. The first kappa shape index (κ1) is 20.9. The van der Waals surface area contributed by atoms with Crippen LogP contribution in [0.15, 0.2) is 36.4 Å². The van der Waals surface area contributed by atoms with Crippen molar-refractivity contribution >= 4 is 23.6 Å². The average Bonchev–Trinajstić information content (AvgIpc) is 3.58. The van der Waals surface area contributed by atoms with Crippen molar-refractivity contribution in [3.05, 3.63) is 42.0 Å². The van der Waals surface area contributed by atoms with Gasteiger partial charge in [0.2, 0.25) is 11.8 Å². The van der Waals surface area contributed by atoms with Gasteiger partial charge in [-0.15, -0.1) is 0 Å². The molecule has 1 aliphatic heterocycles. The minimum Gasteiger partial charge on any atom is -0.497 e. The number of likely N-dealkylation sites (tertiary alicyclic amines) is 1. The number of hydrogen-bond acceptors (Lipinski definition) is 6. The van der Waals surface area contributed by atoms with Crippen LogP contribution in [0.3, 0.4) is 0 Å². The highest BCUT2D eigenvalue weighted by Crippen LogP contribution is 2.65. The molecule has 1 saturated heterocycles. The normalized spacial score (nSPS) is 32.6. The lowest BCUT2D eigenvalue weighted by Gasteiger charge is -2.37. The van der Waals surface area contributed by atoms with Crippen LogP contribution in [-0.2, 0) is 19.1 Å². The van der Waals surface area contributed by atoms with Gasteiger partial charge >= 0.3 is 5.97 Å². The fourth-order valence-electron chi connectivity index (χ4n) is 6.01. The van der Waals surface area contributed by atoms with Crippen LogP contribution in [0.25, 0.3) is 0 Å². The topological polar surface area (TPSA) is 90.0 Å². The predicted octanol–water partition coefficient (Wildman–Crippen LogP) is 2.50. The third-order valence-electron chi connectivity index (χ3n) is 7.61. The molecule has 4 aliphatic carbocycles. The van der Waals surface area contributed by atoms with Crippen molar-refractivity contribution in [2.75, 3.05) is 13.7 Å². The van der Waals surface area contributed by atoms with E-state index in [2.05, 4.69) is 12.2 Å². The van der Waals surface area contributed by atoms with Crippen molar-refractivity contribution < 1.29 is 28.7 Å². The third-order valence-corrected chi connectivity index (χ3v) is 7.61. The quantitative estimate of drug-likeness (QED) is 0.282. The number of Topliss-reactive ketones (excluding diaryl/α,β-unsaturated/α-hetero) is 1. The second-order valence-electron chi connectivity index (χ2n) is 9.65. The molecule has 32 heavy (non-hydrogen) atoms. The fraction of sp³-hybridized carbons (Fsp3) is 0.520. The Morgan fingerprint density at radius 2 is 1.56 bits per heavy atom. The molecule has 0 spiro atoms. The van der Waals surface area contributed by atoms with E-state index in [9.17, 15) is 19.2 Å². The maximum atomic E-state index is 13.4. The summed E-state index contributed by atoms with van der Waals surface area (Å²) in [5.74, 6) is -0.862. The van der Waals surface area contributed by atoms with Gasteiger partial charge in [-0.1, -0.05) is 26.0 Å². The molecule has 7 atom stereocenters. The minimum absolute atomic E-state index is 0.0944. The second-order valence-corrected chi connectivity index (χ2v) is 9.65. The summed E-state index contributed by atoms with van der Waals surface area (Å²) in [7, 11) is 1.53. The summed E-state index contributed by atoms with van der Waals surface area (Å²) in [6.45, 7) is 3.11. The molecule has 6 rings (SSSR count). The van der Waals surface area contributed by atoms with Crippen LogP contribution in [0.1, 0.15) is 30.6 Å². The molecule has 1 heterocycles. The smallest absolute Gasteiger partial charge is 0.330 e. The molecule has 0 radical (unpaired) electrons. The SMILES string of the molecule is COc1ccc(C(=O)COC(=O)[C@H](C(C)C)N2C(=O)[C@@H]3[C@H]4C=C[C@@H]([C@@H]5C[C@@H]45)[C@@H]3C2=O)cc1. The Balaban J connectivity index is 1.30. The number of hydrogen-bond donors (Lipinski definition) is 0. The molecule has 0 N–H and O–H groups in total. The van der Waals surface area contributed by atoms with E-state index in [1.54, 1.807) is 38.1 Å². The molecule has 0 aromatic heterocycles. The van der Waals surface area contributed by atoms with E-state index in [0.29, 0.717) is 23.1 Å². The Morgan fingerprint density at radius 3 is 2.06 bits per heavy atom. The zero-order valence-electron chi connectivity index (χ0n) is 18.4. The summed E-state index contributed by atoms with van der Waals surface area (Å²) in [5.41, 5.74) is 0.390. The highest BCUT2D eigenvalue weighted by atomic mass is 16.5. The van der Waals surface area contributed by atoms with Crippen LogP contribution in [-0.4, -0.2) is 48.2 Å². The average molecular weight is 437 g/mol. The van der Waals surface area contributed by atoms with Gasteiger partial charge in [0.25, 0.3) is 0 Å². The number of ether oxygens (including phenoxy) is 2. The summed E-state index contributed by atoms with van der Waals surface area (Å²) >= 11 is 0. The van der Waals surface area contributed by atoms with Gasteiger partial charge in [0.15, 0.2) is 12.4 Å². The van der Waals surface area contributed by atoms with Crippen molar-refractivity contribution in [3.8, 4) is 5.75 Å².